The Morgan fingerprint density at radius 2 is 2.06 bits per heavy atom. The molecule has 1 aliphatic carbocycles. The van der Waals surface area contributed by atoms with E-state index in [-0.39, 0.29) is 18.8 Å². The number of likely N-dealkylation sites (N-methyl/N-ethyl adjacent to an activating group) is 1. The van der Waals surface area contributed by atoms with Crippen LogP contribution in [0.5, 0.6) is 0 Å². The maximum Gasteiger partial charge on any atom is 0.0743 e. The Hall–Kier alpha value is -0.770. The molecule has 1 fully saturated rings. The summed E-state index contributed by atoms with van der Waals surface area (Å²) in [6.07, 6.45) is 3.77. The van der Waals surface area contributed by atoms with Crippen LogP contribution in [0.15, 0.2) is 18.2 Å². The van der Waals surface area contributed by atoms with E-state index in [0.29, 0.717) is 5.02 Å². The monoisotopic (exact) mass is 269 g/mol. The first-order chi connectivity index (χ1) is 8.63. The van der Waals surface area contributed by atoms with Gasteiger partial charge in [-0.25, -0.2) is 0 Å². The van der Waals surface area contributed by atoms with E-state index in [1.165, 1.54) is 0 Å². The molecule has 1 aromatic rings. The number of nitrogens with zero attached hydrogens (tertiary/aromatic N) is 1. The molecule has 0 aromatic heterocycles. The van der Waals surface area contributed by atoms with Crippen molar-refractivity contribution in [2.24, 2.45) is 0 Å². The van der Waals surface area contributed by atoms with Crippen molar-refractivity contribution in [1.82, 2.24) is 0 Å². The quantitative estimate of drug-likeness (QED) is 0.886. The lowest BCUT2D eigenvalue weighted by Gasteiger charge is -2.37. The molecule has 0 saturated heterocycles. The SMILES string of the molecule is CN(c1cc(Cl)ccc1CO)C1CCCCC1O. The molecule has 0 amide bonds. The van der Waals surface area contributed by atoms with Gasteiger partial charge in [0.15, 0.2) is 0 Å². The van der Waals surface area contributed by atoms with E-state index in [4.69, 9.17) is 11.6 Å². The second kappa shape index (κ2) is 5.91. The average Bonchev–Trinajstić information content (AvgIpc) is 2.38. The Bertz CT molecular complexity index is 411. The van der Waals surface area contributed by atoms with Crippen LogP contribution >= 0.6 is 11.6 Å². The summed E-state index contributed by atoms with van der Waals surface area (Å²) in [7, 11) is 1.96. The molecule has 18 heavy (non-hydrogen) atoms. The summed E-state index contributed by atoms with van der Waals surface area (Å²) < 4.78 is 0. The molecule has 2 atom stereocenters. The molecule has 1 saturated carbocycles. The molecule has 0 spiro atoms. The Labute approximate surface area is 113 Å². The van der Waals surface area contributed by atoms with E-state index in [9.17, 15) is 10.2 Å². The largest absolute Gasteiger partial charge is 0.392 e. The summed E-state index contributed by atoms with van der Waals surface area (Å²) in [6, 6.07) is 5.59. The van der Waals surface area contributed by atoms with Crippen molar-refractivity contribution in [1.29, 1.82) is 0 Å². The second-order valence-electron chi connectivity index (χ2n) is 4.96. The Morgan fingerprint density at radius 3 is 2.72 bits per heavy atom. The maximum atomic E-state index is 10.1. The van der Waals surface area contributed by atoms with Gasteiger partial charge in [-0.05, 0) is 25.0 Å². The van der Waals surface area contributed by atoms with Crippen LogP contribution in [0.4, 0.5) is 5.69 Å². The van der Waals surface area contributed by atoms with Gasteiger partial charge < -0.3 is 15.1 Å². The molecule has 2 N–H and O–H groups in total. The normalized spacial score (nSPS) is 24.0. The molecule has 2 rings (SSSR count). The number of benzene rings is 1. The van der Waals surface area contributed by atoms with Gasteiger partial charge in [-0.3, -0.25) is 0 Å². The highest BCUT2D eigenvalue weighted by molar-refractivity contribution is 6.30. The number of hydrogen-bond donors (Lipinski definition) is 2. The molecule has 1 aromatic carbocycles. The molecule has 100 valence electrons. The van der Waals surface area contributed by atoms with Crippen LogP contribution in [-0.2, 0) is 6.61 Å². The van der Waals surface area contributed by atoms with Crippen molar-refractivity contribution >= 4 is 17.3 Å². The first-order valence-corrected chi connectivity index (χ1v) is 6.81. The van der Waals surface area contributed by atoms with Gasteiger partial charge in [0, 0.05) is 23.3 Å². The molecule has 0 aliphatic heterocycles. The zero-order valence-electron chi connectivity index (χ0n) is 10.6. The van der Waals surface area contributed by atoms with Gasteiger partial charge in [-0.1, -0.05) is 30.5 Å². The van der Waals surface area contributed by atoms with Crippen LogP contribution in [0.1, 0.15) is 31.2 Å². The lowest BCUT2D eigenvalue weighted by molar-refractivity contribution is 0.106. The fraction of sp³-hybridized carbons (Fsp3) is 0.571. The Kier molecular flexibility index (Phi) is 4.49. The van der Waals surface area contributed by atoms with Crippen LogP contribution in [0, 0.1) is 0 Å². The first-order valence-electron chi connectivity index (χ1n) is 6.43. The van der Waals surface area contributed by atoms with Crippen molar-refractivity contribution in [3.8, 4) is 0 Å². The minimum atomic E-state index is -0.297. The van der Waals surface area contributed by atoms with E-state index in [1.54, 1.807) is 6.07 Å². The van der Waals surface area contributed by atoms with Gasteiger partial charge in [0.25, 0.3) is 0 Å². The lowest BCUT2D eigenvalue weighted by atomic mass is 9.91. The Balaban J connectivity index is 2.26. The van der Waals surface area contributed by atoms with Crippen molar-refractivity contribution in [2.45, 2.75) is 44.4 Å². The van der Waals surface area contributed by atoms with E-state index < -0.39 is 0 Å². The predicted octanol–water partition coefficient (Wildman–Crippen LogP) is 2.57. The van der Waals surface area contributed by atoms with Gasteiger partial charge in [0.1, 0.15) is 0 Å². The summed E-state index contributed by atoms with van der Waals surface area (Å²) in [5, 5.41) is 20.1. The highest BCUT2D eigenvalue weighted by Crippen LogP contribution is 2.30. The Morgan fingerprint density at radius 1 is 1.33 bits per heavy atom. The molecule has 0 radical (unpaired) electrons. The smallest absolute Gasteiger partial charge is 0.0743 e. The van der Waals surface area contributed by atoms with E-state index in [0.717, 1.165) is 36.9 Å². The van der Waals surface area contributed by atoms with Gasteiger partial charge in [-0.15, -0.1) is 0 Å². The molecule has 0 bridgehead atoms. The van der Waals surface area contributed by atoms with Gasteiger partial charge in [-0.2, -0.15) is 0 Å². The third-order valence-corrected chi connectivity index (χ3v) is 4.02. The summed E-state index contributed by atoms with van der Waals surface area (Å²) in [4.78, 5) is 2.06. The van der Waals surface area contributed by atoms with E-state index >= 15 is 0 Å². The van der Waals surface area contributed by atoms with Gasteiger partial charge >= 0.3 is 0 Å². The van der Waals surface area contributed by atoms with Crippen LogP contribution in [0.2, 0.25) is 5.02 Å². The van der Waals surface area contributed by atoms with Crippen LogP contribution in [0.3, 0.4) is 0 Å². The molecule has 4 heteroatoms. The highest BCUT2D eigenvalue weighted by Gasteiger charge is 2.27. The number of rotatable bonds is 3. The molecule has 0 heterocycles. The number of aliphatic hydroxyl groups is 2. The third-order valence-electron chi connectivity index (χ3n) is 3.79. The molecule has 1 aliphatic rings. The second-order valence-corrected chi connectivity index (χ2v) is 5.40. The van der Waals surface area contributed by atoms with Crippen molar-refractivity contribution < 1.29 is 10.2 Å². The predicted molar refractivity (Wildman–Crippen MR) is 74.0 cm³/mol. The minimum Gasteiger partial charge on any atom is -0.392 e. The maximum absolute atomic E-state index is 10.1. The molecular formula is C14H20ClNO2. The lowest BCUT2D eigenvalue weighted by Crippen LogP contribution is -2.43. The van der Waals surface area contributed by atoms with E-state index in [2.05, 4.69) is 4.90 Å². The first kappa shape index (κ1) is 13.7. The average molecular weight is 270 g/mol. The zero-order valence-corrected chi connectivity index (χ0v) is 11.4. The minimum absolute atomic E-state index is 0.0142. The highest BCUT2D eigenvalue weighted by atomic mass is 35.5. The van der Waals surface area contributed by atoms with Gasteiger partial charge in [0.05, 0.1) is 18.8 Å². The standard InChI is InChI=1S/C14H20ClNO2/c1-16(12-4-2-3-5-14(12)18)13-8-11(15)7-6-10(13)9-17/h6-8,12,14,17-18H,2-5,9H2,1H3. The summed E-state index contributed by atoms with van der Waals surface area (Å²) in [6.45, 7) is -0.0142. The van der Waals surface area contributed by atoms with E-state index in [1.807, 2.05) is 19.2 Å². The van der Waals surface area contributed by atoms with Crippen LogP contribution in [0.25, 0.3) is 0 Å². The fourth-order valence-corrected chi connectivity index (χ4v) is 2.89. The summed E-state index contributed by atoms with van der Waals surface area (Å²) >= 11 is 6.02. The topological polar surface area (TPSA) is 43.7 Å². The van der Waals surface area contributed by atoms with Gasteiger partial charge in [0.2, 0.25) is 0 Å². The number of halogens is 1. The van der Waals surface area contributed by atoms with Crippen molar-refractivity contribution in [2.75, 3.05) is 11.9 Å². The summed E-state index contributed by atoms with van der Waals surface area (Å²) in [5.41, 5.74) is 1.76. The van der Waals surface area contributed by atoms with Crippen molar-refractivity contribution in [3.05, 3.63) is 28.8 Å². The molecule has 2 unspecified atom stereocenters. The summed E-state index contributed by atoms with van der Waals surface area (Å²) in [5.74, 6) is 0. The zero-order chi connectivity index (χ0) is 13.1. The van der Waals surface area contributed by atoms with Crippen LogP contribution < -0.4 is 4.90 Å². The molecule has 3 nitrogen and oxygen atoms in total. The number of anilines is 1. The van der Waals surface area contributed by atoms with Crippen LogP contribution in [-0.4, -0.2) is 29.4 Å². The number of hydrogen-bond acceptors (Lipinski definition) is 3. The third kappa shape index (κ3) is 2.79. The number of aliphatic hydroxyl groups excluding tert-OH is 2. The van der Waals surface area contributed by atoms with Crippen molar-refractivity contribution in [3.63, 3.8) is 0 Å². The molecular weight excluding hydrogens is 250 g/mol. The fourth-order valence-electron chi connectivity index (χ4n) is 2.72.